The van der Waals surface area contributed by atoms with E-state index in [9.17, 15) is 8.42 Å². The highest BCUT2D eigenvalue weighted by molar-refractivity contribution is 9.10. The first kappa shape index (κ1) is 17.3. The molecule has 24 heavy (non-hydrogen) atoms. The van der Waals surface area contributed by atoms with Crippen molar-refractivity contribution in [3.8, 4) is 6.01 Å². The summed E-state index contributed by atoms with van der Waals surface area (Å²) in [6, 6.07) is 0.297. The van der Waals surface area contributed by atoms with Crippen molar-refractivity contribution in [2.75, 3.05) is 19.7 Å². The number of aromatic nitrogens is 4. The zero-order valence-electron chi connectivity index (χ0n) is 13.2. The van der Waals surface area contributed by atoms with Gasteiger partial charge in [-0.15, -0.1) is 0 Å². The normalized spacial score (nSPS) is 19.3. The van der Waals surface area contributed by atoms with E-state index in [1.54, 1.807) is 19.4 Å². The average Bonchev–Trinajstić information content (AvgIpc) is 3.02. The van der Waals surface area contributed by atoms with Crippen LogP contribution in [0.25, 0.3) is 0 Å². The first-order valence-electron chi connectivity index (χ1n) is 7.54. The van der Waals surface area contributed by atoms with Gasteiger partial charge >= 0.3 is 6.01 Å². The summed E-state index contributed by atoms with van der Waals surface area (Å²) in [5.74, 6) is 0.109. The summed E-state index contributed by atoms with van der Waals surface area (Å²) in [6.45, 7) is 1.33. The molecule has 3 rings (SSSR count). The summed E-state index contributed by atoms with van der Waals surface area (Å²) < 4.78 is 34.7. The summed E-state index contributed by atoms with van der Waals surface area (Å²) in [6.07, 6.45) is 7.84. The number of aryl methyl sites for hydroxylation is 1. The fourth-order valence-corrected chi connectivity index (χ4v) is 4.38. The largest absolute Gasteiger partial charge is 0.463 e. The van der Waals surface area contributed by atoms with Crippen molar-refractivity contribution in [1.82, 2.24) is 24.1 Å². The number of hydrogen-bond donors (Lipinski definition) is 0. The van der Waals surface area contributed by atoms with Gasteiger partial charge in [0.25, 0.3) is 0 Å². The van der Waals surface area contributed by atoms with E-state index >= 15 is 0 Å². The standard InChI is InChI=1S/C14H18BrN5O3S/c1-19-9-13(7-18-19)24(21,22)20-4-2-3-11(8-20)10-23-14-16-5-12(15)6-17-14/h5-7,9,11H,2-4,8,10H2,1H3. The quantitative estimate of drug-likeness (QED) is 0.733. The molecular formula is C14H18BrN5O3S. The second-order valence-corrected chi connectivity index (χ2v) is 8.57. The van der Waals surface area contributed by atoms with Gasteiger partial charge in [-0.1, -0.05) is 0 Å². The Morgan fingerprint density at radius 2 is 2.08 bits per heavy atom. The van der Waals surface area contributed by atoms with Gasteiger partial charge < -0.3 is 4.74 Å². The highest BCUT2D eigenvalue weighted by Crippen LogP contribution is 2.24. The molecule has 0 amide bonds. The van der Waals surface area contributed by atoms with Crippen molar-refractivity contribution >= 4 is 26.0 Å². The Morgan fingerprint density at radius 1 is 1.33 bits per heavy atom. The lowest BCUT2D eigenvalue weighted by atomic mass is 10.0. The maximum atomic E-state index is 12.7. The van der Waals surface area contributed by atoms with Crippen LogP contribution >= 0.6 is 15.9 Å². The number of hydrogen-bond acceptors (Lipinski definition) is 6. The van der Waals surface area contributed by atoms with Gasteiger partial charge in [0, 0.05) is 44.6 Å². The van der Waals surface area contributed by atoms with Crippen LogP contribution in [0.4, 0.5) is 0 Å². The molecule has 2 aromatic heterocycles. The summed E-state index contributed by atoms with van der Waals surface area (Å²) in [7, 11) is -1.81. The van der Waals surface area contributed by atoms with Crippen LogP contribution in [0.2, 0.25) is 0 Å². The first-order chi connectivity index (χ1) is 11.4. The predicted molar refractivity (Wildman–Crippen MR) is 89.9 cm³/mol. The Balaban J connectivity index is 1.62. The molecule has 2 aromatic rings. The van der Waals surface area contributed by atoms with Crippen molar-refractivity contribution in [2.45, 2.75) is 17.7 Å². The van der Waals surface area contributed by atoms with Crippen LogP contribution in [0.5, 0.6) is 6.01 Å². The lowest BCUT2D eigenvalue weighted by Crippen LogP contribution is -2.41. The Bertz CT molecular complexity index is 793. The minimum absolute atomic E-state index is 0.109. The van der Waals surface area contributed by atoms with Gasteiger partial charge in [0.2, 0.25) is 10.0 Å². The zero-order valence-corrected chi connectivity index (χ0v) is 15.6. The van der Waals surface area contributed by atoms with E-state index in [1.165, 1.54) is 21.4 Å². The van der Waals surface area contributed by atoms with Gasteiger partial charge in [0.1, 0.15) is 4.90 Å². The van der Waals surface area contributed by atoms with Crippen LogP contribution in [0.1, 0.15) is 12.8 Å². The van der Waals surface area contributed by atoms with Crippen molar-refractivity contribution in [3.63, 3.8) is 0 Å². The van der Waals surface area contributed by atoms with Gasteiger partial charge in [-0.25, -0.2) is 18.4 Å². The fraction of sp³-hybridized carbons (Fsp3) is 0.500. The number of halogens is 1. The van der Waals surface area contributed by atoms with Crippen LogP contribution in [-0.4, -0.2) is 52.2 Å². The van der Waals surface area contributed by atoms with Crippen LogP contribution in [0.3, 0.4) is 0 Å². The Morgan fingerprint density at radius 3 is 2.75 bits per heavy atom. The molecule has 1 aliphatic heterocycles. The molecule has 10 heteroatoms. The van der Waals surface area contributed by atoms with Crippen molar-refractivity contribution in [3.05, 3.63) is 29.3 Å². The molecule has 3 heterocycles. The first-order valence-corrected chi connectivity index (χ1v) is 9.77. The molecule has 0 radical (unpaired) electrons. The minimum atomic E-state index is -3.51. The molecule has 1 aliphatic rings. The number of rotatable bonds is 5. The Hall–Kier alpha value is -1.52. The van der Waals surface area contributed by atoms with Gasteiger partial charge in [-0.2, -0.15) is 9.40 Å². The van der Waals surface area contributed by atoms with E-state index in [1.807, 2.05) is 0 Å². The SMILES string of the molecule is Cn1cc(S(=O)(=O)N2CCCC(COc3ncc(Br)cn3)C2)cn1. The maximum absolute atomic E-state index is 12.7. The summed E-state index contributed by atoms with van der Waals surface area (Å²) >= 11 is 3.27. The highest BCUT2D eigenvalue weighted by atomic mass is 79.9. The van der Waals surface area contributed by atoms with Crippen LogP contribution in [0, 0.1) is 5.92 Å². The molecule has 130 valence electrons. The molecule has 0 bridgehead atoms. The maximum Gasteiger partial charge on any atom is 0.316 e. The molecule has 1 saturated heterocycles. The molecule has 0 saturated carbocycles. The molecule has 0 aliphatic carbocycles. The van der Waals surface area contributed by atoms with E-state index in [2.05, 4.69) is 31.0 Å². The van der Waals surface area contributed by atoms with Crippen molar-refractivity contribution in [1.29, 1.82) is 0 Å². The van der Waals surface area contributed by atoms with Gasteiger partial charge in [0.05, 0.1) is 17.3 Å². The minimum Gasteiger partial charge on any atom is -0.463 e. The lowest BCUT2D eigenvalue weighted by molar-refractivity contribution is 0.171. The van der Waals surface area contributed by atoms with E-state index in [4.69, 9.17) is 4.74 Å². The molecular weight excluding hydrogens is 398 g/mol. The van der Waals surface area contributed by atoms with E-state index < -0.39 is 10.0 Å². The number of nitrogens with zero attached hydrogens (tertiary/aromatic N) is 5. The third-order valence-electron chi connectivity index (χ3n) is 3.85. The highest BCUT2D eigenvalue weighted by Gasteiger charge is 2.31. The van der Waals surface area contributed by atoms with Crippen LogP contribution in [0.15, 0.2) is 34.2 Å². The smallest absolute Gasteiger partial charge is 0.316 e. The fourth-order valence-electron chi connectivity index (χ4n) is 2.63. The van der Waals surface area contributed by atoms with E-state index in [-0.39, 0.29) is 10.8 Å². The number of ether oxygens (including phenoxy) is 1. The Kier molecular flexibility index (Phi) is 5.16. The zero-order chi connectivity index (χ0) is 17.2. The number of piperidine rings is 1. The summed E-state index contributed by atoms with van der Waals surface area (Å²) in [4.78, 5) is 8.34. The third-order valence-corrected chi connectivity index (χ3v) is 6.07. The van der Waals surface area contributed by atoms with Gasteiger partial charge in [-0.3, -0.25) is 4.68 Å². The molecule has 0 aromatic carbocycles. The lowest BCUT2D eigenvalue weighted by Gasteiger charge is -2.31. The van der Waals surface area contributed by atoms with Crippen molar-refractivity contribution in [2.24, 2.45) is 13.0 Å². The molecule has 1 atom stereocenters. The predicted octanol–water partition coefficient (Wildman–Crippen LogP) is 1.45. The number of sulfonamides is 1. The topological polar surface area (TPSA) is 90.2 Å². The van der Waals surface area contributed by atoms with E-state index in [0.717, 1.165) is 17.3 Å². The van der Waals surface area contributed by atoms with Crippen LogP contribution < -0.4 is 4.74 Å². The van der Waals surface area contributed by atoms with Gasteiger partial charge in [0.15, 0.2) is 0 Å². The summed E-state index contributed by atoms with van der Waals surface area (Å²) in [5.41, 5.74) is 0. The molecule has 8 nitrogen and oxygen atoms in total. The Labute approximate surface area is 149 Å². The van der Waals surface area contributed by atoms with E-state index in [0.29, 0.717) is 25.7 Å². The monoisotopic (exact) mass is 415 g/mol. The van der Waals surface area contributed by atoms with Gasteiger partial charge in [-0.05, 0) is 28.8 Å². The summed E-state index contributed by atoms with van der Waals surface area (Å²) in [5, 5.41) is 3.95. The molecule has 0 spiro atoms. The molecule has 1 fully saturated rings. The third kappa shape index (κ3) is 3.93. The second-order valence-electron chi connectivity index (χ2n) is 5.72. The second kappa shape index (κ2) is 7.16. The van der Waals surface area contributed by atoms with Crippen LogP contribution in [-0.2, 0) is 17.1 Å². The average molecular weight is 416 g/mol. The van der Waals surface area contributed by atoms with Crippen molar-refractivity contribution < 1.29 is 13.2 Å². The molecule has 1 unspecified atom stereocenters. The molecule has 0 N–H and O–H groups in total.